The van der Waals surface area contributed by atoms with Gasteiger partial charge in [0.15, 0.2) is 6.29 Å². The molecule has 0 aliphatic carbocycles. The van der Waals surface area contributed by atoms with Crippen molar-refractivity contribution in [3.05, 3.63) is 0 Å². The van der Waals surface area contributed by atoms with E-state index in [0.717, 1.165) is 6.54 Å². The second-order valence-electron chi connectivity index (χ2n) is 2.32. The fourth-order valence-electron chi connectivity index (χ4n) is 0.681. The summed E-state index contributed by atoms with van der Waals surface area (Å²) in [6.07, 6.45) is -1.10. The predicted octanol–water partition coefficient (Wildman–Crippen LogP) is -0.424. The third-order valence-corrected chi connectivity index (χ3v) is 1.26. The van der Waals surface area contributed by atoms with Gasteiger partial charge in [0.05, 0.1) is 6.61 Å². The van der Waals surface area contributed by atoms with E-state index in [4.69, 9.17) is 14.6 Å². The number of hydrogen-bond acceptors (Lipinski definition) is 4. The molecule has 0 fully saturated rings. The summed E-state index contributed by atoms with van der Waals surface area (Å²) in [6.45, 7) is 2.93. The molecule has 0 radical (unpaired) electrons. The van der Waals surface area contributed by atoms with Gasteiger partial charge in [0, 0.05) is 13.7 Å². The van der Waals surface area contributed by atoms with Crippen LogP contribution < -0.4 is 5.32 Å². The van der Waals surface area contributed by atoms with Gasteiger partial charge in [-0.25, -0.2) is 0 Å². The van der Waals surface area contributed by atoms with Gasteiger partial charge in [-0.15, -0.1) is 0 Å². The number of likely N-dealkylation sites (N-methyl/N-ethyl adjacent to an activating group) is 1. The molecule has 0 spiro atoms. The minimum Gasteiger partial charge on any atom is -0.388 e. The molecule has 0 heterocycles. The Labute approximate surface area is 67.5 Å². The Morgan fingerprint density at radius 3 is 2.55 bits per heavy atom. The van der Waals surface area contributed by atoms with Gasteiger partial charge in [-0.05, 0) is 14.0 Å². The zero-order valence-corrected chi connectivity index (χ0v) is 7.33. The Morgan fingerprint density at radius 1 is 1.55 bits per heavy atom. The highest BCUT2D eigenvalue weighted by Gasteiger charge is 2.12. The maximum Gasteiger partial charge on any atom is 0.182 e. The fourth-order valence-corrected chi connectivity index (χ4v) is 0.681. The Kier molecular flexibility index (Phi) is 6.45. The highest BCUT2D eigenvalue weighted by Crippen LogP contribution is 1.98. The lowest BCUT2D eigenvalue weighted by molar-refractivity contribution is -0.173. The zero-order valence-electron chi connectivity index (χ0n) is 7.33. The van der Waals surface area contributed by atoms with Gasteiger partial charge >= 0.3 is 0 Å². The summed E-state index contributed by atoms with van der Waals surface area (Å²) in [5, 5.41) is 12.0. The van der Waals surface area contributed by atoms with Crippen LogP contribution in [0.4, 0.5) is 0 Å². The summed E-state index contributed by atoms with van der Waals surface area (Å²) in [7, 11) is 3.35. The van der Waals surface area contributed by atoms with Crippen LogP contribution in [0.25, 0.3) is 0 Å². The zero-order chi connectivity index (χ0) is 8.69. The van der Waals surface area contributed by atoms with E-state index in [1.807, 2.05) is 7.05 Å². The largest absolute Gasteiger partial charge is 0.388 e. The van der Waals surface area contributed by atoms with Crippen molar-refractivity contribution >= 4 is 0 Å². The Morgan fingerprint density at radius 2 is 2.18 bits per heavy atom. The lowest BCUT2D eigenvalue weighted by Gasteiger charge is -2.18. The van der Waals surface area contributed by atoms with Gasteiger partial charge < -0.3 is 19.9 Å². The van der Waals surface area contributed by atoms with Crippen molar-refractivity contribution in [1.82, 2.24) is 5.32 Å². The third-order valence-electron chi connectivity index (χ3n) is 1.26. The maximum atomic E-state index is 9.04. The average molecular weight is 163 g/mol. The Hall–Kier alpha value is -0.160. The molecule has 4 heteroatoms. The molecule has 0 aromatic heterocycles. The summed E-state index contributed by atoms with van der Waals surface area (Å²) in [5.74, 6) is 0. The average Bonchev–Trinajstić information content (AvgIpc) is 1.97. The maximum absolute atomic E-state index is 9.04. The van der Waals surface area contributed by atoms with Crippen LogP contribution in [0.3, 0.4) is 0 Å². The van der Waals surface area contributed by atoms with Gasteiger partial charge in [0.2, 0.25) is 0 Å². The molecular formula is C7H17NO3. The van der Waals surface area contributed by atoms with Crippen molar-refractivity contribution in [2.24, 2.45) is 0 Å². The number of methoxy groups -OCH3 is 1. The quantitative estimate of drug-likeness (QED) is 0.412. The normalized spacial score (nSPS) is 16.4. The highest BCUT2D eigenvalue weighted by atomic mass is 16.7. The van der Waals surface area contributed by atoms with E-state index < -0.39 is 12.4 Å². The van der Waals surface area contributed by atoms with E-state index in [1.54, 1.807) is 6.92 Å². The highest BCUT2D eigenvalue weighted by molar-refractivity contribution is 4.51. The Bertz CT molecular complexity index is 87.8. The van der Waals surface area contributed by atoms with Gasteiger partial charge in [-0.3, -0.25) is 0 Å². The first-order valence-corrected chi connectivity index (χ1v) is 3.69. The van der Waals surface area contributed by atoms with Crippen LogP contribution in [0, 0.1) is 0 Å². The number of nitrogens with one attached hydrogen (secondary N) is 1. The molecule has 0 saturated carbocycles. The summed E-state index contributed by atoms with van der Waals surface area (Å²) >= 11 is 0. The predicted molar refractivity (Wildman–Crippen MR) is 42.4 cm³/mol. The first kappa shape index (κ1) is 10.8. The standard InChI is InChI=1S/C7H17NO3/c1-6(9)7(10-3)11-5-4-8-2/h6-9H,4-5H2,1-3H3/t6-,7+/m0/s1. The third kappa shape index (κ3) is 5.15. The number of hydrogen-bond donors (Lipinski definition) is 2. The summed E-state index contributed by atoms with van der Waals surface area (Å²) in [4.78, 5) is 0. The molecule has 0 aromatic rings. The van der Waals surface area contributed by atoms with E-state index in [-0.39, 0.29) is 0 Å². The van der Waals surface area contributed by atoms with Crippen LogP contribution in [-0.4, -0.2) is 44.8 Å². The molecule has 2 N–H and O–H groups in total. The second kappa shape index (κ2) is 6.54. The SMILES string of the molecule is CNCCO[C@@H](OC)[C@H](C)O. The van der Waals surface area contributed by atoms with Gasteiger partial charge in [-0.1, -0.05) is 0 Å². The first-order chi connectivity index (χ1) is 5.22. The summed E-state index contributed by atoms with van der Waals surface area (Å²) in [6, 6.07) is 0. The molecule has 11 heavy (non-hydrogen) atoms. The van der Waals surface area contributed by atoms with E-state index in [0.29, 0.717) is 6.61 Å². The number of ether oxygens (including phenoxy) is 2. The number of aliphatic hydroxyl groups excluding tert-OH is 1. The van der Waals surface area contributed by atoms with E-state index in [1.165, 1.54) is 7.11 Å². The van der Waals surface area contributed by atoms with Crippen molar-refractivity contribution in [1.29, 1.82) is 0 Å². The van der Waals surface area contributed by atoms with Gasteiger partial charge in [0.25, 0.3) is 0 Å². The molecule has 0 aromatic carbocycles. The van der Waals surface area contributed by atoms with E-state index >= 15 is 0 Å². The fraction of sp³-hybridized carbons (Fsp3) is 1.00. The van der Waals surface area contributed by atoms with Crippen molar-refractivity contribution in [3.63, 3.8) is 0 Å². The number of rotatable bonds is 6. The molecule has 0 amide bonds. The molecule has 0 bridgehead atoms. The van der Waals surface area contributed by atoms with Gasteiger partial charge in [-0.2, -0.15) is 0 Å². The summed E-state index contributed by atoms with van der Waals surface area (Å²) < 4.78 is 10.0. The van der Waals surface area contributed by atoms with Crippen LogP contribution in [0.5, 0.6) is 0 Å². The van der Waals surface area contributed by atoms with Crippen molar-refractivity contribution in [2.45, 2.75) is 19.3 Å². The smallest absolute Gasteiger partial charge is 0.182 e. The van der Waals surface area contributed by atoms with E-state index in [2.05, 4.69) is 5.32 Å². The van der Waals surface area contributed by atoms with Crippen molar-refractivity contribution in [3.8, 4) is 0 Å². The molecule has 0 rings (SSSR count). The van der Waals surface area contributed by atoms with Crippen molar-refractivity contribution in [2.75, 3.05) is 27.3 Å². The monoisotopic (exact) mass is 163 g/mol. The van der Waals surface area contributed by atoms with Crippen molar-refractivity contribution < 1.29 is 14.6 Å². The second-order valence-corrected chi connectivity index (χ2v) is 2.32. The van der Waals surface area contributed by atoms with Crippen LogP contribution in [0.1, 0.15) is 6.92 Å². The molecule has 0 aliphatic rings. The lowest BCUT2D eigenvalue weighted by atomic mass is 10.4. The molecule has 4 nitrogen and oxygen atoms in total. The minimum atomic E-state index is -0.586. The molecule has 2 atom stereocenters. The molecule has 0 unspecified atom stereocenters. The van der Waals surface area contributed by atoms with Gasteiger partial charge in [0.1, 0.15) is 6.10 Å². The van der Waals surface area contributed by atoms with Crippen LogP contribution >= 0.6 is 0 Å². The topological polar surface area (TPSA) is 50.7 Å². The molecule has 68 valence electrons. The molecular weight excluding hydrogens is 146 g/mol. The van der Waals surface area contributed by atoms with E-state index in [9.17, 15) is 0 Å². The Balaban J connectivity index is 3.36. The minimum absolute atomic E-state index is 0.511. The molecule has 0 saturated heterocycles. The lowest BCUT2D eigenvalue weighted by Crippen LogP contribution is -2.30. The van der Waals surface area contributed by atoms with Crippen LogP contribution in [0.2, 0.25) is 0 Å². The molecule has 0 aliphatic heterocycles. The summed E-state index contributed by atoms with van der Waals surface area (Å²) in [5.41, 5.74) is 0. The number of aliphatic hydroxyl groups is 1. The first-order valence-electron chi connectivity index (χ1n) is 3.69. The van der Waals surface area contributed by atoms with Crippen LogP contribution in [-0.2, 0) is 9.47 Å². The van der Waals surface area contributed by atoms with Crippen LogP contribution in [0.15, 0.2) is 0 Å².